The number of carbonyl (C=O) groups excluding carboxylic acids is 2. The number of esters is 1. The first-order valence-corrected chi connectivity index (χ1v) is 11.8. The second kappa shape index (κ2) is 10.0. The third kappa shape index (κ3) is 4.39. The van der Waals surface area contributed by atoms with Crippen LogP contribution in [0.15, 0.2) is 71.7 Å². The summed E-state index contributed by atoms with van der Waals surface area (Å²) in [5, 5.41) is 9.30. The molecule has 0 N–H and O–H groups in total. The second-order valence-corrected chi connectivity index (χ2v) is 8.27. The average molecular weight is 473 g/mol. The molecule has 0 bridgehead atoms. The first-order valence-electron chi connectivity index (χ1n) is 11.8. The summed E-state index contributed by atoms with van der Waals surface area (Å²) in [5.74, 6) is -0.955. The summed E-state index contributed by atoms with van der Waals surface area (Å²) >= 11 is 0. The van der Waals surface area contributed by atoms with Crippen molar-refractivity contribution in [2.75, 3.05) is 6.61 Å². The fourth-order valence-corrected chi connectivity index (χ4v) is 4.35. The molecule has 8 nitrogen and oxygen atoms in total. The Balaban J connectivity index is 1.81. The van der Waals surface area contributed by atoms with Crippen molar-refractivity contribution in [3.63, 3.8) is 0 Å². The van der Waals surface area contributed by atoms with Crippen LogP contribution < -0.4 is 5.56 Å². The Kier molecular flexibility index (Phi) is 6.91. The number of ether oxygens (including phenoxy) is 1. The molecule has 3 aromatic heterocycles. The highest BCUT2D eigenvalue weighted by atomic mass is 16.5. The second-order valence-electron chi connectivity index (χ2n) is 8.27. The number of hydrogen-bond donors (Lipinski definition) is 0. The van der Waals surface area contributed by atoms with Crippen molar-refractivity contribution in [1.29, 1.82) is 0 Å². The van der Waals surface area contributed by atoms with Gasteiger partial charge in [0.25, 0.3) is 5.56 Å². The molecule has 0 aliphatic rings. The van der Waals surface area contributed by atoms with E-state index in [4.69, 9.17) is 9.84 Å². The Hall–Kier alpha value is -4.07. The minimum Gasteiger partial charge on any atom is -0.465 e. The number of nitrogens with zero attached hydrogens (tertiary/aromatic N) is 4. The summed E-state index contributed by atoms with van der Waals surface area (Å²) in [6.07, 6.45) is 2.41. The van der Waals surface area contributed by atoms with Gasteiger partial charge in [-0.05, 0) is 38.0 Å². The quantitative estimate of drug-likeness (QED) is 0.268. The predicted octanol–water partition coefficient (Wildman–Crippen LogP) is 4.16. The first kappa shape index (κ1) is 24.1. The van der Waals surface area contributed by atoms with Crippen LogP contribution >= 0.6 is 0 Å². The molecule has 1 aromatic carbocycles. The smallest absolute Gasteiger partial charge is 0.319 e. The molecule has 0 unspecified atom stereocenters. The van der Waals surface area contributed by atoms with Crippen molar-refractivity contribution in [3.05, 3.63) is 77.2 Å². The van der Waals surface area contributed by atoms with Crippen molar-refractivity contribution in [3.8, 4) is 22.5 Å². The van der Waals surface area contributed by atoms with Gasteiger partial charge in [0.1, 0.15) is 17.7 Å². The third-order valence-electron chi connectivity index (χ3n) is 6.41. The van der Waals surface area contributed by atoms with Crippen LogP contribution in [-0.2, 0) is 20.9 Å². The van der Waals surface area contributed by atoms with Crippen molar-refractivity contribution in [2.24, 2.45) is 5.41 Å². The Bertz CT molecular complexity index is 1420. The van der Waals surface area contributed by atoms with E-state index in [9.17, 15) is 14.4 Å². The number of carbonyl (C=O) groups is 2. The number of hydrogen-bond acceptors (Lipinski definition) is 6. The zero-order chi connectivity index (χ0) is 25.0. The van der Waals surface area contributed by atoms with Crippen LogP contribution in [0.1, 0.15) is 33.6 Å². The van der Waals surface area contributed by atoms with Crippen LogP contribution in [0, 0.1) is 5.41 Å². The molecule has 0 amide bonds. The van der Waals surface area contributed by atoms with Gasteiger partial charge in [0.2, 0.25) is 0 Å². The summed E-state index contributed by atoms with van der Waals surface area (Å²) in [6, 6.07) is 18.5. The molecule has 0 radical (unpaired) electrons. The van der Waals surface area contributed by atoms with Gasteiger partial charge in [-0.3, -0.25) is 14.4 Å². The van der Waals surface area contributed by atoms with E-state index in [2.05, 4.69) is 5.10 Å². The van der Waals surface area contributed by atoms with Gasteiger partial charge in [0.15, 0.2) is 5.78 Å². The molecule has 0 fully saturated rings. The van der Waals surface area contributed by atoms with Gasteiger partial charge in [0.05, 0.1) is 23.4 Å². The monoisotopic (exact) mass is 472 g/mol. The number of rotatable bonds is 9. The minimum absolute atomic E-state index is 0.179. The molecule has 180 valence electrons. The third-order valence-corrected chi connectivity index (χ3v) is 6.41. The fraction of sp³-hybridized carbons (Fsp3) is 0.296. The van der Waals surface area contributed by atoms with E-state index >= 15 is 0 Å². The van der Waals surface area contributed by atoms with Crippen molar-refractivity contribution in [1.82, 2.24) is 19.4 Å². The van der Waals surface area contributed by atoms with E-state index in [1.54, 1.807) is 31.4 Å². The topological polar surface area (TPSA) is 95.6 Å². The molecule has 0 spiro atoms. The van der Waals surface area contributed by atoms with Crippen LogP contribution in [0.4, 0.5) is 0 Å². The Morgan fingerprint density at radius 2 is 1.63 bits per heavy atom. The van der Waals surface area contributed by atoms with E-state index in [1.165, 1.54) is 6.07 Å². The fourth-order valence-electron chi connectivity index (χ4n) is 4.35. The van der Waals surface area contributed by atoms with Gasteiger partial charge < -0.3 is 4.74 Å². The SMILES string of the molecule is CCOC(=O)C(CC)(CC)C(=O)Cn1nc(-c2c(-c3ccccc3)nn3ccccc23)ccc1=O. The molecule has 4 aromatic rings. The number of ketones is 1. The van der Waals surface area contributed by atoms with E-state index in [-0.39, 0.29) is 26.0 Å². The molecule has 35 heavy (non-hydrogen) atoms. The summed E-state index contributed by atoms with van der Waals surface area (Å²) in [5.41, 5.74) is 1.95. The molecule has 8 heteroatoms. The summed E-state index contributed by atoms with van der Waals surface area (Å²) in [6.45, 7) is 5.10. The minimum atomic E-state index is -1.31. The van der Waals surface area contributed by atoms with E-state index in [0.29, 0.717) is 11.4 Å². The van der Waals surface area contributed by atoms with Gasteiger partial charge in [-0.2, -0.15) is 10.2 Å². The molecule has 3 heterocycles. The van der Waals surface area contributed by atoms with Crippen LogP contribution in [0.3, 0.4) is 0 Å². The largest absolute Gasteiger partial charge is 0.465 e. The van der Waals surface area contributed by atoms with Gasteiger partial charge in [0, 0.05) is 17.8 Å². The van der Waals surface area contributed by atoms with E-state index < -0.39 is 22.7 Å². The molecular formula is C27H28N4O4. The average Bonchev–Trinajstić information content (AvgIpc) is 3.27. The van der Waals surface area contributed by atoms with Gasteiger partial charge >= 0.3 is 5.97 Å². The maximum Gasteiger partial charge on any atom is 0.319 e. The van der Waals surface area contributed by atoms with Gasteiger partial charge in [-0.25, -0.2) is 9.20 Å². The lowest BCUT2D eigenvalue weighted by molar-refractivity contribution is -0.161. The summed E-state index contributed by atoms with van der Waals surface area (Å²) < 4.78 is 8.08. The number of aromatic nitrogens is 4. The zero-order valence-corrected chi connectivity index (χ0v) is 20.1. The highest BCUT2D eigenvalue weighted by Crippen LogP contribution is 2.34. The number of pyridine rings is 1. The lowest BCUT2D eigenvalue weighted by atomic mass is 9.78. The normalized spacial score (nSPS) is 11.5. The molecule has 0 aliphatic heterocycles. The molecule has 4 rings (SSSR count). The Morgan fingerprint density at radius 3 is 2.31 bits per heavy atom. The summed E-state index contributed by atoms with van der Waals surface area (Å²) in [4.78, 5) is 38.7. The number of Topliss-reactive ketones (excluding diaryl/α,β-unsaturated/α-hetero) is 1. The molecule has 0 saturated heterocycles. The predicted molar refractivity (Wildman–Crippen MR) is 133 cm³/mol. The molecule has 0 aliphatic carbocycles. The van der Waals surface area contributed by atoms with E-state index in [1.807, 2.05) is 54.7 Å². The molecule has 0 saturated carbocycles. The molecule has 0 atom stereocenters. The van der Waals surface area contributed by atoms with Crippen LogP contribution in [-0.4, -0.2) is 37.8 Å². The van der Waals surface area contributed by atoms with Crippen molar-refractivity contribution in [2.45, 2.75) is 40.2 Å². The Morgan fingerprint density at radius 1 is 0.914 bits per heavy atom. The number of fused-ring (bicyclic) bond motifs is 1. The highest BCUT2D eigenvalue weighted by Gasteiger charge is 2.43. The van der Waals surface area contributed by atoms with E-state index in [0.717, 1.165) is 21.3 Å². The van der Waals surface area contributed by atoms with Crippen LogP contribution in [0.2, 0.25) is 0 Å². The lowest BCUT2D eigenvalue weighted by Crippen LogP contribution is -2.43. The zero-order valence-electron chi connectivity index (χ0n) is 20.1. The summed E-state index contributed by atoms with van der Waals surface area (Å²) in [7, 11) is 0. The maximum absolute atomic E-state index is 13.3. The maximum atomic E-state index is 13.3. The Labute approximate surface area is 203 Å². The van der Waals surface area contributed by atoms with Crippen molar-refractivity contribution < 1.29 is 14.3 Å². The van der Waals surface area contributed by atoms with Gasteiger partial charge in [-0.15, -0.1) is 0 Å². The molecular weight excluding hydrogens is 444 g/mol. The first-order chi connectivity index (χ1) is 16.9. The lowest BCUT2D eigenvalue weighted by Gasteiger charge is -2.27. The highest BCUT2D eigenvalue weighted by molar-refractivity contribution is 6.03. The standard InChI is InChI=1S/C27H28N4O4/c1-4-27(5-2,26(34)35-6-3)22(32)18-31-23(33)16-15-20(28-31)24-21-14-10-11-17-30(21)29-25(24)19-12-8-7-9-13-19/h7-17H,4-6,18H2,1-3H3. The number of benzene rings is 1. The van der Waals surface area contributed by atoms with Gasteiger partial charge in [-0.1, -0.05) is 50.2 Å². The van der Waals surface area contributed by atoms with Crippen LogP contribution in [0.5, 0.6) is 0 Å². The van der Waals surface area contributed by atoms with Crippen LogP contribution in [0.25, 0.3) is 28.0 Å². The van der Waals surface area contributed by atoms with Crippen molar-refractivity contribution >= 4 is 17.3 Å².